The zero-order chi connectivity index (χ0) is 30.0. The summed E-state index contributed by atoms with van der Waals surface area (Å²) in [6.07, 6.45) is 9.75. The molecule has 2 aromatic carbocycles. The van der Waals surface area contributed by atoms with Gasteiger partial charge in [0.2, 0.25) is 0 Å². The van der Waals surface area contributed by atoms with Gasteiger partial charge >= 0.3 is 0 Å². The number of nitrogens with one attached hydrogen (secondary N) is 1. The van der Waals surface area contributed by atoms with Crippen molar-refractivity contribution in [2.24, 2.45) is 0 Å². The van der Waals surface area contributed by atoms with E-state index in [1.807, 2.05) is 18.6 Å². The number of ether oxygens (including phenoxy) is 1. The highest BCUT2D eigenvalue weighted by Gasteiger charge is 2.39. The van der Waals surface area contributed by atoms with Gasteiger partial charge in [-0.15, -0.1) is 0 Å². The Balaban J connectivity index is 1.38. The van der Waals surface area contributed by atoms with E-state index < -0.39 is 39.1 Å². The van der Waals surface area contributed by atoms with Crippen molar-refractivity contribution in [3.63, 3.8) is 0 Å². The van der Waals surface area contributed by atoms with Crippen LogP contribution in [-0.2, 0) is 38.7 Å². The SMILES string of the molecule is C[S+](C)CCOCN(c1ccon1)S(=O)(=O)c1c(F)cc(NCc2c(F)cccc2CN2C3CCC2CC3)c(Br)c1F. The van der Waals surface area contributed by atoms with Gasteiger partial charge in [-0.05, 0) is 70.2 Å². The van der Waals surface area contributed by atoms with Gasteiger partial charge in [-0.1, -0.05) is 17.3 Å². The highest BCUT2D eigenvalue weighted by Crippen LogP contribution is 2.39. The van der Waals surface area contributed by atoms with Crippen molar-refractivity contribution in [2.45, 2.75) is 55.8 Å². The summed E-state index contributed by atoms with van der Waals surface area (Å²) < 4.78 is 83.8. The van der Waals surface area contributed by atoms with Crippen LogP contribution in [0.3, 0.4) is 0 Å². The Morgan fingerprint density at radius 2 is 1.86 bits per heavy atom. The third-order valence-electron chi connectivity index (χ3n) is 7.82. The maximum Gasteiger partial charge on any atom is 0.273 e. The van der Waals surface area contributed by atoms with Crippen molar-refractivity contribution in [2.75, 3.05) is 41.2 Å². The normalized spacial score (nSPS) is 18.7. The van der Waals surface area contributed by atoms with Gasteiger partial charge in [-0.2, -0.15) is 0 Å². The van der Waals surface area contributed by atoms with Crippen molar-refractivity contribution in [3.05, 3.63) is 69.6 Å². The molecule has 0 amide bonds. The molecular weight excluding hydrogens is 657 g/mol. The first kappa shape index (κ1) is 31.2. The van der Waals surface area contributed by atoms with E-state index in [2.05, 4.69) is 31.3 Å². The molecule has 0 unspecified atom stereocenters. The van der Waals surface area contributed by atoms with Crippen molar-refractivity contribution < 1.29 is 30.8 Å². The zero-order valence-corrected chi connectivity index (χ0v) is 26.5. The largest absolute Gasteiger partial charge is 0.380 e. The lowest BCUT2D eigenvalue weighted by atomic mass is 10.0. The number of sulfonamides is 1. The first-order valence-corrected chi connectivity index (χ1v) is 18.0. The number of fused-ring (bicyclic) bond motifs is 2. The molecule has 0 saturated carbocycles. The summed E-state index contributed by atoms with van der Waals surface area (Å²) >= 11 is 3.09. The second-order valence-electron chi connectivity index (χ2n) is 10.7. The van der Waals surface area contributed by atoms with E-state index in [1.54, 1.807) is 6.07 Å². The van der Waals surface area contributed by atoms with Gasteiger partial charge < -0.3 is 14.6 Å². The molecule has 3 aromatic rings. The monoisotopic (exact) mass is 689 g/mol. The molecule has 2 fully saturated rings. The highest BCUT2D eigenvalue weighted by molar-refractivity contribution is 9.10. The van der Waals surface area contributed by atoms with Crippen LogP contribution in [0.2, 0.25) is 0 Å². The predicted octanol–water partition coefficient (Wildman–Crippen LogP) is 5.64. The first-order valence-electron chi connectivity index (χ1n) is 13.6. The minimum Gasteiger partial charge on any atom is -0.380 e. The molecule has 5 rings (SSSR count). The zero-order valence-electron chi connectivity index (χ0n) is 23.3. The quantitative estimate of drug-likeness (QED) is 0.108. The molecule has 1 N–H and O–H groups in total. The van der Waals surface area contributed by atoms with Crippen molar-refractivity contribution in [3.8, 4) is 0 Å². The van der Waals surface area contributed by atoms with E-state index in [1.165, 1.54) is 12.1 Å². The van der Waals surface area contributed by atoms with E-state index in [0.717, 1.165) is 43.6 Å². The minimum absolute atomic E-state index is 0.0514. The molecule has 1 aromatic heterocycles. The molecular formula is C28H33BrF3N4O4S2+. The molecule has 42 heavy (non-hydrogen) atoms. The predicted molar refractivity (Wildman–Crippen MR) is 160 cm³/mol. The van der Waals surface area contributed by atoms with Crippen LogP contribution in [0.5, 0.6) is 0 Å². The average Bonchev–Trinajstić information content (AvgIpc) is 3.69. The Morgan fingerprint density at radius 1 is 1.14 bits per heavy atom. The summed E-state index contributed by atoms with van der Waals surface area (Å²) in [5.74, 6) is -2.58. The molecule has 2 aliphatic rings. The lowest BCUT2D eigenvalue weighted by molar-refractivity contribution is 0.158. The van der Waals surface area contributed by atoms with E-state index >= 15 is 8.78 Å². The Morgan fingerprint density at radius 3 is 2.50 bits per heavy atom. The molecule has 0 aliphatic carbocycles. The van der Waals surface area contributed by atoms with E-state index in [9.17, 15) is 12.8 Å². The maximum atomic E-state index is 15.7. The molecule has 2 aliphatic heterocycles. The topological polar surface area (TPSA) is 87.9 Å². The van der Waals surface area contributed by atoms with E-state index in [-0.39, 0.29) is 40.0 Å². The number of benzene rings is 2. The number of aromatic nitrogens is 1. The molecule has 0 atom stereocenters. The summed E-state index contributed by atoms with van der Waals surface area (Å²) in [6, 6.07) is 8.02. The van der Waals surface area contributed by atoms with Crippen LogP contribution >= 0.6 is 15.9 Å². The summed E-state index contributed by atoms with van der Waals surface area (Å²) in [6.45, 7) is 0.277. The van der Waals surface area contributed by atoms with Crippen LogP contribution in [0.1, 0.15) is 36.8 Å². The second kappa shape index (κ2) is 13.2. The lowest BCUT2D eigenvalue weighted by Gasteiger charge is -2.24. The molecule has 0 spiro atoms. The summed E-state index contributed by atoms with van der Waals surface area (Å²) in [5.41, 5.74) is 1.14. The molecule has 3 heterocycles. The van der Waals surface area contributed by atoms with Gasteiger partial charge in [0.15, 0.2) is 16.5 Å². The lowest BCUT2D eigenvalue weighted by Crippen LogP contribution is -2.35. The molecule has 2 bridgehead atoms. The highest BCUT2D eigenvalue weighted by atomic mass is 79.9. The van der Waals surface area contributed by atoms with Crippen LogP contribution < -0.4 is 9.62 Å². The Labute approximate surface area is 255 Å². The fourth-order valence-corrected chi connectivity index (χ4v) is 8.07. The van der Waals surface area contributed by atoms with Gasteiger partial charge in [0.25, 0.3) is 10.0 Å². The Hall–Kier alpha value is -2.26. The minimum atomic E-state index is -4.81. The second-order valence-corrected chi connectivity index (χ2v) is 15.6. The molecule has 8 nitrogen and oxygen atoms in total. The third kappa shape index (κ3) is 6.47. The van der Waals surface area contributed by atoms with Crippen molar-refractivity contribution in [1.29, 1.82) is 0 Å². The average molecular weight is 691 g/mol. The van der Waals surface area contributed by atoms with Crippen molar-refractivity contribution in [1.82, 2.24) is 10.1 Å². The Bertz CT molecular complexity index is 1490. The van der Waals surface area contributed by atoms with E-state index in [4.69, 9.17) is 9.26 Å². The van der Waals surface area contributed by atoms with Crippen LogP contribution in [-0.4, -0.2) is 62.2 Å². The van der Waals surface area contributed by atoms with Gasteiger partial charge in [0.05, 0.1) is 29.3 Å². The van der Waals surface area contributed by atoms with Gasteiger partial charge in [0, 0.05) is 36.8 Å². The third-order valence-corrected chi connectivity index (χ3v) is 11.3. The van der Waals surface area contributed by atoms with Gasteiger partial charge in [0.1, 0.15) is 30.4 Å². The number of nitrogens with zero attached hydrogens (tertiary/aromatic N) is 3. The van der Waals surface area contributed by atoms with Gasteiger partial charge in [-0.25, -0.2) is 25.9 Å². The van der Waals surface area contributed by atoms with E-state index in [0.29, 0.717) is 34.2 Å². The number of hydrogen-bond acceptors (Lipinski definition) is 7. The number of rotatable bonds is 13. The van der Waals surface area contributed by atoms with Crippen LogP contribution in [0.4, 0.5) is 24.7 Å². The fourth-order valence-electron chi connectivity index (χ4n) is 5.63. The first-order chi connectivity index (χ1) is 20.1. The smallest absolute Gasteiger partial charge is 0.273 e. The molecule has 2 saturated heterocycles. The Kier molecular flexibility index (Phi) is 9.77. The number of halogens is 4. The standard InChI is InChI=1S/C28H33BrF3N4O4S2/c1-41(2)13-12-39-17-36(25-10-11-40-34-25)42(37,38)28-23(31)14-24(26(29)27(28)32)33-15-21-18(4-3-5-22(21)30)16-35-19-6-7-20(35)9-8-19/h3-5,10-11,14,19-20,33H,6-9,12-13,15-17H2,1-2H3/q+1. The summed E-state index contributed by atoms with van der Waals surface area (Å²) in [7, 11) is -4.75. The van der Waals surface area contributed by atoms with Gasteiger partial charge in [-0.3, -0.25) is 4.90 Å². The van der Waals surface area contributed by atoms with Crippen LogP contribution in [0.15, 0.2) is 50.5 Å². The number of anilines is 2. The van der Waals surface area contributed by atoms with Crippen molar-refractivity contribution >= 4 is 48.4 Å². The summed E-state index contributed by atoms with van der Waals surface area (Å²) in [5, 5.41) is 6.53. The summed E-state index contributed by atoms with van der Waals surface area (Å²) in [4.78, 5) is 1.24. The number of hydrogen-bond donors (Lipinski definition) is 1. The maximum absolute atomic E-state index is 15.7. The molecule has 228 valence electrons. The fraction of sp³-hybridized carbons (Fsp3) is 0.464. The van der Waals surface area contributed by atoms with Crippen LogP contribution in [0.25, 0.3) is 0 Å². The molecule has 14 heteroatoms. The molecule has 0 radical (unpaired) electrons. The van der Waals surface area contributed by atoms with Crippen LogP contribution in [0, 0.1) is 17.5 Å².